The highest BCUT2D eigenvalue weighted by molar-refractivity contribution is 6.31. The molecule has 6 heteroatoms. The molecule has 5 nitrogen and oxygen atoms in total. The summed E-state index contributed by atoms with van der Waals surface area (Å²) in [5.74, 6) is 0.734. The highest BCUT2D eigenvalue weighted by Gasteiger charge is 2.22. The lowest BCUT2D eigenvalue weighted by Gasteiger charge is -2.25. The van der Waals surface area contributed by atoms with E-state index < -0.39 is 0 Å². The van der Waals surface area contributed by atoms with Gasteiger partial charge in [-0.3, -0.25) is 4.79 Å². The van der Waals surface area contributed by atoms with Gasteiger partial charge in [-0.05, 0) is 36.5 Å². The highest BCUT2D eigenvalue weighted by atomic mass is 35.5. The summed E-state index contributed by atoms with van der Waals surface area (Å²) in [6.07, 6.45) is 4.71. The van der Waals surface area contributed by atoms with E-state index >= 15 is 0 Å². The lowest BCUT2D eigenvalue weighted by atomic mass is 9.92. The predicted octanol–water partition coefficient (Wildman–Crippen LogP) is 2.41. The van der Waals surface area contributed by atoms with Crippen LogP contribution in [0.5, 0.6) is 0 Å². The van der Waals surface area contributed by atoms with Crippen molar-refractivity contribution in [1.82, 2.24) is 15.3 Å². The molecule has 0 spiro atoms. The molecule has 1 aliphatic rings. The fraction of sp³-hybridized carbons (Fsp3) is 0.389. The molecule has 1 aromatic heterocycles. The van der Waals surface area contributed by atoms with Gasteiger partial charge in [0, 0.05) is 37.1 Å². The van der Waals surface area contributed by atoms with E-state index in [9.17, 15) is 4.79 Å². The summed E-state index contributed by atoms with van der Waals surface area (Å²) in [6.45, 7) is 0. The molecule has 0 aliphatic heterocycles. The smallest absolute Gasteiger partial charge is 0.224 e. The van der Waals surface area contributed by atoms with Crippen molar-refractivity contribution in [3.8, 4) is 0 Å². The fourth-order valence-corrected chi connectivity index (χ4v) is 3.13. The average molecular weight is 345 g/mol. The Morgan fingerprint density at radius 2 is 2.17 bits per heavy atom. The second-order valence-corrected chi connectivity index (χ2v) is 6.72. The van der Waals surface area contributed by atoms with Crippen molar-refractivity contribution in [2.75, 3.05) is 19.0 Å². The summed E-state index contributed by atoms with van der Waals surface area (Å²) in [5, 5.41) is 3.74. The third kappa shape index (κ3) is 3.85. The number of aromatic nitrogens is 2. The van der Waals surface area contributed by atoms with Gasteiger partial charge in [0.1, 0.15) is 0 Å². The van der Waals surface area contributed by atoms with Gasteiger partial charge in [0.25, 0.3) is 0 Å². The quantitative estimate of drug-likeness (QED) is 0.925. The molecule has 1 atom stereocenters. The maximum atomic E-state index is 12.3. The molecule has 0 saturated heterocycles. The van der Waals surface area contributed by atoms with Crippen molar-refractivity contribution < 1.29 is 4.79 Å². The molecule has 0 bridgehead atoms. The Hall–Kier alpha value is -2.14. The van der Waals surface area contributed by atoms with Crippen LogP contribution in [0, 0.1) is 0 Å². The Labute approximate surface area is 147 Å². The molecule has 1 amide bonds. The number of nitrogens with zero attached hydrogens (tertiary/aromatic N) is 3. The van der Waals surface area contributed by atoms with Gasteiger partial charge in [-0.25, -0.2) is 9.97 Å². The number of aryl methyl sites for hydroxylation is 1. The number of carbonyl (C=O) groups excluding carboxylic acids is 1. The third-order valence-electron chi connectivity index (χ3n) is 4.21. The Morgan fingerprint density at radius 1 is 1.38 bits per heavy atom. The lowest BCUT2D eigenvalue weighted by Crippen LogP contribution is -2.40. The lowest BCUT2D eigenvalue weighted by molar-refractivity contribution is -0.121. The molecule has 0 fully saturated rings. The second-order valence-electron chi connectivity index (χ2n) is 6.31. The van der Waals surface area contributed by atoms with Crippen molar-refractivity contribution in [3.05, 3.63) is 52.3 Å². The average Bonchev–Trinajstić information content (AvgIpc) is 2.56. The molecule has 1 aliphatic carbocycles. The van der Waals surface area contributed by atoms with Crippen LogP contribution in [0.2, 0.25) is 5.02 Å². The summed E-state index contributed by atoms with van der Waals surface area (Å²) in [7, 11) is 3.87. The molecule has 0 unspecified atom stereocenters. The van der Waals surface area contributed by atoms with Crippen LogP contribution in [0.25, 0.3) is 0 Å². The van der Waals surface area contributed by atoms with Crippen LogP contribution in [0.4, 0.5) is 5.95 Å². The predicted molar refractivity (Wildman–Crippen MR) is 95.5 cm³/mol. The van der Waals surface area contributed by atoms with E-state index in [1.807, 2.05) is 43.4 Å². The van der Waals surface area contributed by atoms with E-state index in [1.54, 1.807) is 6.07 Å². The van der Waals surface area contributed by atoms with Crippen LogP contribution < -0.4 is 10.2 Å². The molecule has 2 aromatic rings. The SMILES string of the molecule is CN(C)c1ncc2c(n1)CC[C@@H](NC(=O)Cc1ccccc1Cl)C2. The van der Waals surface area contributed by atoms with Crippen LogP contribution >= 0.6 is 11.6 Å². The summed E-state index contributed by atoms with van der Waals surface area (Å²) in [6, 6.07) is 7.57. The van der Waals surface area contributed by atoms with Crippen molar-refractivity contribution in [2.45, 2.75) is 31.7 Å². The Bertz CT molecular complexity index is 748. The van der Waals surface area contributed by atoms with Gasteiger partial charge in [-0.15, -0.1) is 0 Å². The minimum Gasteiger partial charge on any atom is -0.353 e. The number of hydrogen-bond donors (Lipinski definition) is 1. The number of fused-ring (bicyclic) bond motifs is 1. The zero-order valence-corrected chi connectivity index (χ0v) is 14.7. The number of anilines is 1. The van der Waals surface area contributed by atoms with Crippen molar-refractivity contribution >= 4 is 23.5 Å². The zero-order chi connectivity index (χ0) is 17.1. The van der Waals surface area contributed by atoms with Gasteiger partial charge in [0.05, 0.1) is 6.42 Å². The van der Waals surface area contributed by atoms with E-state index in [4.69, 9.17) is 11.6 Å². The van der Waals surface area contributed by atoms with Crippen molar-refractivity contribution in [1.29, 1.82) is 0 Å². The van der Waals surface area contributed by atoms with E-state index in [1.165, 1.54) is 0 Å². The summed E-state index contributed by atoms with van der Waals surface area (Å²) >= 11 is 6.12. The molecule has 126 valence electrons. The largest absolute Gasteiger partial charge is 0.353 e. The number of halogens is 1. The van der Waals surface area contributed by atoms with Gasteiger partial charge in [0.15, 0.2) is 0 Å². The zero-order valence-electron chi connectivity index (χ0n) is 13.9. The van der Waals surface area contributed by atoms with Crippen LogP contribution in [-0.4, -0.2) is 36.0 Å². The maximum absolute atomic E-state index is 12.3. The van der Waals surface area contributed by atoms with Crippen LogP contribution in [0.3, 0.4) is 0 Å². The first-order valence-electron chi connectivity index (χ1n) is 8.08. The Kier molecular flexibility index (Phi) is 5.00. The summed E-state index contributed by atoms with van der Waals surface area (Å²) in [5.41, 5.74) is 3.06. The third-order valence-corrected chi connectivity index (χ3v) is 4.58. The van der Waals surface area contributed by atoms with Gasteiger partial charge >= 0.3 is 0 Å². The number of benzene rings is 1. The normalized spacial score (nSPS) is 16.4. The van der Waals surface area contributed by atoms with Crippen molar-refractivity contribution in [3.63, 3.8) is 0 Å². The van der Waals surface area contributed by atoms with Crippen LogP contribution in [0.15, 0.2) is 30.5 Å². The first-order chi connectivity index (χ1) is 11.5. The number of amides is 1. The van der Waals surface area contributed by atoms with E-state index in [2.05, 4.69) is 15.3 Å². The Balaban J connectivity index is 1.61. The molecular weight excluding hydrogens is 324 g/mol. The molecule has 0 radical (unpaired) electrons. The summed E-state index contributed by atoms with van der Waals surface area (Å²) in [4.78, 5) is 23.1. The van der Waals surface area contributed by atoms with E-state index in [0.29, 0.717) is 11.4 Å². The molecule has 1 heterocycles. The maximum Gasteiger partial charge on any atom is 0.224 e. The van der Waals surface area contributed by atoms with Gasteiger partial charge in [-0.1, -0.05) is 29.8 Å². The molecular formula is C18H21ClN4O. The number of nitrogens with one attached hydrogen (secondary N) is 1. The molecule has 1 aromatic carbocycles. The highest BCUT2D eigenvalue weighted by Crippen LogP contribution is 2.21. The van der Waals surface area contributed by atoms with Crippen molar-refractivity contribution in [2.24, 2.45) is 0 Å². The van der Waals surface area contributed by atoms with Crippen LogP contribution in [0.1, 0.15) is 23.2 Å². The molecule has 3 rings (SSSR count). The first kappa shape index (κ1) is 16.7. The topological polar surface area (TPSA) is 58.1 Å². The minimum absolute atomic E-state index is 0.00220. The number of rotatable bonds is 4. The molecule has 24 heavy (non-hydrogen) atoms. The second kappa shape index (κ2) is 7.18. The summed E-state index contributed by atoms with van der Waals surface area (Å²) < 4.78 is 0. The Morgan fingerprint density at radius 3 is 2.92 bits per heavy atom. The molecule has 1 N–H and O–H groups in total. The van der Waals surface area contributed by atoms with E-state index in [-0.39, 0.29) is 11.9 Å². The standard InChI is InChI=1S/C18H21ClN4O/c1-23(2)18-20-11-13-9-14(7-8-16(13)22-18)21-17(24)10-12-5-3-4-6-15(12)19/h3-6,11,14H,7-10H2,1-2H3,(H,21,24)/t14-/m1/s1. The fourth-order valence-electron chi connectivity index (χ4n) is 2.93. The van der Waals surface area contributed by atoms with E-state index in [0.717, 1.165) is 42.0 Å². The monoisotopic (exact) mass is 344 g/mol. The van der Waals surface area contributed by atoms with Gasteiger partial charge in [-0.2, -0.15) is 0 Å². The first-order valence-corrected chi connectivity index (χ1v) is 8.45. The van der Waals surface area contributed by atoms with Gasteiger partial charge < -0.3 is 10.2 Å². The number of carbonyl (C=O) groups is 1. The number of hydrogen-bond acceptors (Lipinski definition) is 4. The minimum atomic E-state index is 0.00220. The van der Waals surface area contributed by atoms with Gasteiger partial charge in [0.2, 0.25) is 11.9 Å². The molecule has 0 saturated carbocycles. The van der Waals surface area contributed by atoms with Crippen LogP contribution in [-0.2, 0) is 24.1 Å².